The highest BCUT2D eigenvalue weighted by atomic mass is 35.5. The molecule has 0 saturated heterocycles. The Balaban J connectivity index is 0.000000226. The summed E-state index contributed by atoms with van der Waals surface area (Å²) in [6.45, 7) is 0.200. The maximum atomic E-state index is 13.4. The summed E-state index contributed by atoms with van der Waals surface area (Å²) in [5.74, 6) is -0.751. The number of hydrogen-bond acceptors (Lipinski definition) is 8. The lowest BCUT2D eigenvalue weighted by Crippen LogP contribution is -2.48. The molecule has 0 bridgehead atoms. The Morgan fingerprint density at radius 3 is 1.41 bits per heavy atom. The van der Waals surface area contributed by atoms with E-state index in [9.17, 15) is 43.3 Å². The van der Waals surface area contributed by atoms with E-state index in [-0.39, 0.29) is 83.6 Å². The summed E-state index contributed by atoms with van der Waals surface area (Å²) in [6.07, 6.45) is 4.50. The number of rotatable bonds is 7. The maximum Gasteiger partial charge on any atom is 0.414 e. The molecule has 18 heteroatoms. The fourth-order valence-corrected chi connectivity index (χ4v) is 9.11. The lowest BCUT2D eigenvalue weighted by Gasteiger charge is -2.38. The number of ether oxygens (including phenoxy) is 1. The zero-order valence-electron chi connectivity index (χ0n) is 37.9. The van der Waals surface area contributed by atoms with Gasteiger partial charge in [-0.15, -0.1) is 12.4 Å². The van der Waals surface area contributed by atoms with Crippen LogP contribution in [0.3, 0.4) is 0 Å². The molecule has 364 valence electrons. The molecule has 2 saturated carbocycles. The molecular formula is C50H54Cl4F2N4O8. The highest BCUT2D eigenvalue weighted by Crippen LogP contribution is 2.47. The van der Waals surface area contributed by atoms with Gasteiger partial charge in [0.15, 0.2) is 0 Å². The summed E-state index contributed by atoms with van der Waals surface area (Å²) in [5, 5.41) is 36.2. The van der Waals surface area contributed by atoms with E-state index < -0.39 is 22.5 Å². The molecule has 12 nitrogen and oxygen atoms in total. The highest BCUT2D eigenvalue weighted by molar-refractivity contribution is 6.62. The number of aliphatic hydroxyl groups is 3. The smallest absolute Gasteiger partial charge is 0.414 e. The van der Waals surface area contributed by atoms with Crippen molar-refractivity contribution in [1.29, 1.82) is 0 Å². The first-order valence-electron chi connectivity index (χ1n) is 21.7. The predicted molar refractivity (Wildman–Crippen MR) is 262 cm³/mol. The second-order valence-corrected chi connectivity index (χ2v) is 18.7. The number of carbonyl (C=O) groups is 4. The molecule has 68 heavy (non-hydrogen) atoms. The second-order valence-electron chi connectivity index (χ2n) is 17.6. The lowest BCUT2D eigenvalue weighted by atomic mass is 9.76. The molecule has 0 unspecified atom stereocenters. The van der Waals surface area contributed by atoms with Gasteiger partial charge >= 0.3 is 11.5 Å². The molecule has 2 aliphatic carbocycles. The molecule has 4 aromatic rings. The molecule has 0 aromatic heterocycles. The molecule has 2 heterocycles. The number of benzene rings is 4. The monoisotopic (exact) mass is 1020 g/mol. The largest absolute Gasteiger partial charge is 0.509 e. The first kappa shape index (κ1) is 53.7. The van der Waals surface area contributed by atoms with Crippen LogP contribution in [-0.4, -0.2) is 101 Å². The molecule has 0 radical (unpaired) electrons. The number of amides is 4. The van der Waals surface area contributed by atoms with Crippen LogP contribution in [0.5, 0.6) is 0 Å². The predicted octanol–water partition coefficient (Wildman–Crippen LogP) is 10.4. The first-order valence-corrected chi connectivity index (χ1v) is 22.9. The van der Waals surface area contributed by atoms with Crippen molar-refractivity contribution in [3.8, 4) is 22.3 Å². The number of aliphatic hydroxyl groups excluding tert-OH is 3. The summed E-state index contributed by atoms with van der Waals surface area (Å²) in [5.41, 5.74) is 2.77. The minimum atomic E-state index is -0.834. The van der Waals surface area contributed by atoms with Gasteiger partial charge in [0.25, 0.3) is 11.8 Å². The van der Waals surface area contributed by atoms with Crippen molar-refractivity contribution in [3.05, 3.63) is 129 Å². The Hall–Kier alpha value is -5.22. The third-order valence-corrected chi connectivity index (χ3v) is 13.7. The van der Waals surface area contributed by atoms with Crippen molar-refractivity contribution in [2.45, 2.75) is 62.4 Å². The summed E-state index contributed by atoms with van der Waals surface area (Å²) in [6, 6.07) is 22.5. The normalized spacial score (nSPS) is 21.8. The lowest BCUT2D eigenvalue weighted by molar-refractivity contribution is -0.117. The number of nitrogens with one attached hydrogen (secondary N) is 2. The van der Waals surface area contributed by atoms with Gasteiger partial charge < -0.3 is 40.5 Å². The quantitative estimate of drug-likeness (QED) is 0.0900. The maximum absolute atomic E-state index is 13.4. The van der Waals surface area contributed by atoms with E-state index in [1.807, 2.05) is 0 Å². The van der Waals surface area contributed by atoms with Gasteiger partial charge in [-0.1, -0.05) is 59.6 Å². The minimum absolute atomic E-state index is 0. The van der Waals surface area contributed by atoms with Gasteiger partial charge in [0.1, 0.15) is 23.2 Å². The van der Waals surface area contributed by atoms with E-state index in [0.717, 1.165) is 35.1 Å². The Bertz CT molecular complexity index is 2560. The van der Waals surface area contributed by atoms with Gasteiger partial charge in [-0.2, -0.15) is 0 Å². The van der Waals surface area contributed by atoms with Crippen LogP contribution >= 0.6 is 47.2 Å². The van der Waals surface area contributed by atoms with Crippen molar-refractivity contribution >= 4 is 81.6 Å². The standard InChI is InChI=1S/C25H26ClFN2O4.C22H21ClFNO3.C3H6ClNO.ClH/c1-29(2)24(32)33-22-21(23(31)28-25(22)11-9-15(14-30)10-12-25)19-13-17(5-8-20(19)26)16-3-6-18(27)7-4-16;23-18-6-3-15(14-1-4-16(24)5-2-14)11-17(18)19-20(27)22(25-21(19)28)9-7-13(12-26)8-10-22;1-5(2)3(4)6;/h3-8,13,15,30H,9-12,14H2,1-2H3,(H,28,31);1-6,11,13,26-27H,7-10,12H2,(H,25,28);1-2H3;1H. The van der Waals surface area contributed by atoms with Crippen LogP contribution in [-0.2, 0) is 14.3 Å². The first-order chi connectivity index (χ1) is 31.8. The molecule has 8 rings (SSSR count). The topological polar surface area (TPSA) is 169 Å². The number of hydrogen-bond donors (Lipinski definition) is 5. The Kier molecular flexibility index (Phi) is 18.1. The molecular weight excluding hydrogens is 964 g/mol. The summed E-state index contributed by atoms with van der Waals surface area (Å²) in [4.78, 5) is 51.0. The third-order valence-electron chi connectivity index (χ3n) is 12.7. The summed E-state index contributed by atoms with van der Waals surface area (Å²) < 4.78 is 32.4. The summed E-state index contributed by atoms with van der Waals surface area (Å²) >= 11 is 17.8. The van der Waals surface area contributed by atoms with Crippen molar-refractivity contribution in [1.82, 2.24) is 20.4 Å². The zero-order chi connectivity index (χ0) is 48.8. The van der Waals surface area contributed by atoms with E-state index in [0.29, 0.717) is 59.7 Å². The van der Waals surface area contributed by atoms with Crippen LogP contribution in [0.25, 0.3) is 33.4 Å². The fraction of sp³-hybridized carbons (Fsp3) is 0.360. The second kappa shape index (κ2) is 22.9. The minimum Gasteiger partial charge on any atom is -0.509 e. The van der Waals surface area contributed by atoms with E-state index in [1.165, 1.54) is 34.1 Å². The van der Waals surface area contributed by atoms with Crippen LogP contribution in [0.15, 0.2) is 96.4 Å². The van der Waals surface area contributed by atoms with Gasteiger partial charge in [-0.3, -0.25) is 14.4 Å². The Morgan fingerprint density at radius 1 is 0.647 bits per heavy atom. The van der Waals surface area contributed by atoms with E-state index in [1.54, 1.807) is 88.9 Å². The van der Waals surface area contributed by atoms with Crippen LogP contribution in [0.4, 0.5) is 18.4 Å². The highest BCUT2D eigenvalue weighted by Gasteiger charge is 2.51. The summed E-state index contributed by atoms with van der Waals surface area (Å²) in [7, 11) is 6.33. The molecule has 2 fully saturated rings. The van der Waals surface area contributed by atoms with E-state index in [2.05, 4.69) is 10.6 Å². The van der Waals surface area contributed by atoms with Crippen molar-refractivity contribution in [2.24, 2.45) is 11.8 Å². The fourth-order valence-electron chi connectivity index (χ4n) is 8.68. The average Bonchev–Trinajstić information content (AvgIpc) is 3.70. The SMILES string of the molecule is CN(C)C(=O)Cl.CN(C)C(=O)OC1=C(c2cc(-c3ccc(F)cc3)ccc2Cl)C(=O)NC12CCC(CO)CC2.Cl.O=C1NC2(CCC(CO)CC2)C(O)=C1c1cc(-c2ccc(F)cc2)ccc1Cl. The van der Waals surface area contributed by atoms with Crippen LogP contribution in [0.1, 0.15) is 62.5 Å². The van der Waals surface area contributed by atoms with E-state index >= 15 is 0 Å². The molecule has 5 N–H and O–H groups in total. The van der Waals surface area contributed by atoms with Crippen LogP contribution in [0, 0.1) is 23.5 Å². The average molecular weight is 1020 g/mol. The van der Waals surface area contributed by atoms with Crippen molar-refractivity contribution < 1.29 is 48.0 Å². The zero-order valence-corrected chi connectivity index (χ0v) is 41.0. The molecule has 2 aliphatic heterocycles. The Labute approximate surface area is 415 Å². The molecule has 4 aliphatic rings. The Morgan fingerprint density at radius 2 is 1.01 bits per heavy atom. The van der Waals surface area contributed by atoms with Gasteiger partial charge in [-0.25, -0.2) is 13.6 Å². The van der Waals surface area contributed by atoms with Crippen LogP contribution < -0.4 is 10.6 Å². The van der Waals surface area contributed by atoms with Gasteiger partial charge in [0.2, 0.25) is 0 Å². The molecule has 2 spiro atoms. The third kappa shape index (κ3) is 12.0. The molecule has 4 aromatic carbocycles. The van der Waals surface area contributed by atoms with Gasteiger partial charge in [0, 0.05) is 62.6 Å². The van der Waals surface area contributed by atoms with Crippen molar-refractivity contribution in [3.63, 3.8) is 0 Å². The van der Waals surface area contributed by atoms with Gasteiger partial charge in [0.05, 0.1) is 22.2 Å². The van der Waals surface area contributed by atoms with Gasteiger partial charge in [-0.05, 0) is 146 Å². The molecule has 0 atom stereocenters. The number of nitrogens with zero attached hydrogens (tertiary/aromatic N) is 2. The van der Waals surface area contributed by atoms with E-state index in [4.69, 9.17) is 39.5 Å². The number of carbonyl (C=O) groups excluding carboxylic acids is 4. The van der Waals surface area contributed by atoms with Crippen molar-refractivity contribution in [2.75, 3.05) is 41.4 Å². The molecule has 4 amide bonds. The number of halogens is 6. The van der Waals surface area contributed by atoms with Crippen LogP contribution in [0.2, 0.25) is 10.0 Å².